The number of aromatic carboxylic acids is 1. The zero-order chi connectivity index (χ0) is 23.5. The molecule has 1 aliphatic heterocycles. The number of nitrogens with zero attached hydrogens (tertiary/aromatic N) is 3. The Bertz CT molecular complexity index is 1340. The van der Waals surface area contributed by atoms with Gasteiger partial charge in [0.25, 0.3) is 0 Å². The molecule has 1 saturated heterocycles. The molecule has 2 amide bonds. The predicted molar refractivity (Wildman–Crippen MR) is 127 cm³/mol. The highest BCUT2D eigenvalue weighted by Gasteiger charge is 2.40. The van der Waals surface area contributed by atoms with Crippen LogP contribution in [-0.2, 0) is 9.59 Å². The number of aromatic hydroxyl groups is 1. The molecule has 0 aromatic heterocycles. The number of carboxylic acid groups (broad SMARTS) is 1. The van der Waals surface area contributed by atoms with Crippen molar-refractivity contribution in [2.75, 3.05) is 4.90 Å². The van der Waals surface area contributed by atoms with E-state index in [9.17, 15) is 19.5 Å². The van der Waals surface area contributed by atoms with Gasteiger partial charge in [0.15, 0.2) is 5.17 Å². The second kappa shape index (κ2) is 9.13. The summed E-state index contributed by atoms with van der Waals surface area (Å²) in [6, 6.07) is 16.4. The van der Waals surface area contributed by atoms with Crippen LogP contribution in [0.25, 0.3) is 10.8 Å². The van der Waals surface area contributed by atoms with Gasteiger partial charge in [-0.05, 0) is 35.0 Å². The van der Waals surface area contributed by atoms with Gasteiger partial charge in [0.2, 0.25) is 11.8 Å². The highest BCUT2D eigenvalue weighted by Crippen LogP contribution is 2.30. The minimum Gasteiger partial charge on any atom is -0.507 e. The number of phenolic OH excluding ortho intramolecular Hbond substituents is 1. The van der Waals surface area contributed by atoms with Crippen molar-refractivity contribution >= 4 is 57.4 Å². The van der Waals surface area contributed by atoms with Gasteiger partial charge < -0.3 is 15.9 Å². The summed E-state index contributed by atoms with van der Waals surface area (Å²) in [5.41, 5.74) is 6.54. The Morgan fingerprint density at radius 2 is 1.91 bits per heavy atom. The third-order valence-corrected chi connectivity index (χ3v) is 5.99. The molecule has 4 N–H and O–H groups in total. The lowest BCUT2D eigenvalue weighted by molar-refractivity contribution is -0.121. The molecule has 0 aliphatic carbocycles. The van der Waals surface area contributed by atoms with Gasteiger partial charge in [0.1, 0.15) is 11.0 Å². The van der Waals surface area contributed by atoms with E-state index in [1.54, 1.807) is 12.1 Å². The molecular weight excluding hydrogens is 444 g/mol. The number of carbonyl (C=O) groups excluding carboxylic acids is 2. The van der Waals surface area contributed by atoms with Crippen molar-refractivity contribution in [3.05, 3.63) is 71.8 Å². The Hall–Kier alpha value is -4.18. The fourth-order valence-corrected chi connectivity index (χ4v) is 4.30. The van der Waals surface area contributed by atoms with Crippen LogP contribution >= 0.6 is 11.8 Å². The minimum absolute atomic E-state index is 0.0294. The van der Waals surface area contributed by atoms with E-state index in [1.807, 2.05) is 24.3 Å². The number of carbonyl (C=O) groups is 3. The molecule has 1 fully saturated rings. The lowest BCUT2D eigenvalue weighted by Crippen LogP contribution is -2.32. The molecule has 1 aliphatic rings. The molecule has 1 heterocycles. The molecule has 166 valence electrons. The fourth-order valence-electron chi connectivity index (χ4n) is 3.48. The summed E-state index contributed by atoms with van der Waals surface area (Å²) in [7, 11) is 0. The summed E-state index contributed by atoms with van der Waals surface area (Å²) in [5.74, 6) is -2.10. The summed E-state index contributed by atoms with van der Waals surface area (Å²) >= 11 is 0.894. The summed E-state index contributed by atoms with van der Waals surface area (Å²) in [6.45, 7) is 0. The van der Waals surface area contributed by atoms with Gasteiger partial charge in [-0.3, -0.25) is 9.59 Å². The standard InChI is InChI=1S/C23H18N4O5S/c24-23(26-25-12-17-16-7-2-1-4-13(16)8-9-18(17)28)33-19-11-20(29)27(21(19)30)15-6-3-5-14(10-15)22(31)32/h1-10,12,19,28H,11H2,(H2,24,26)(H,31,32)/b25-12-/t19-/m1/s1. The third kappa shape index (κ3) is 4.55. The number of rotatable bonds is 5. The average molecular weight is 462 g/mol. The Balaban J connectivity index is 1.49. The van der Waals surface area contributed by atoms with E-state index in [1.165, 1.54) is 30.5 Å². The monoisotopic (exact) mass is 462 g/mol. The molecule has 0 bridgehead atoms. The number of thioether (sulfide) groups is 1. The minimum atomic E-state index is -1.16. The smallest absolute Gasteiger partial charge is 0.335 e. The van der Waals surface area contributed by atoms with E-state index in [4.69, 9.17) is 10.8 Å². The number of hydrogen-bond acceptors (Lipinski definition) is 7. The van der Waals surface area contributed by atoms with Crippen LogP contribution in [-0.4, -0.2) is 44.6 Å². The van der Waals surface area contributed by atoms with E-state index < -0.39 is 23.0 Å². The Morgan fingerprint density at radius 1 is 1.12 bits per heavy atom. The molecule has 0 saturated carbocycles. The van der Waals surface area contributed by atoms with Gasteiger partial charge in [-0.25, -0.2) is 9.69 Å². The highest BCUT2D eigenvalue weighted by molar-refractivity contribution is 8.14. The van der Waals surface area contributed by atoms with Crippen LogP contribution < -0.4 is 10.6 Å². The van der Waals surface area contributed by atoms with Crippen molar-refractivity contribution in [3.8, 4) is 5.75 Å². The summed E-state index contributed by atoms with van der Waals surface area (Å²) in [4.78, 5) is 37.3. The van der Waals surface area contributed by atoms with Gasteiger partial charge in [0.05, 0.1) is 17.5 Å². The van der Waals surface area contributed by atoms with Crippen LogP contribution in [0.3, 0.4) is 0 Å². The van der Waals surface area contributed by atoms with Crippen LogP contribution in [0.2, 0.25) is 0 Å². The Morgan fingerprint density at radius 3 is 2.70 bits per heavy atom. The number of fused-ring (bicyclic) bond motifs is 1. The first-order valence-electron chi connectivity index (χ1n) is 9.79. The lowest BCUT2D eigenvalue weighted by Gasteiger charge is -2.15. The van der Waals surface area contributed by atoms with Crippen LogP contribution in [0.4, 0.5) is 5.69 Å². The van der Waals surface area contributed by atoms with E-state index in [0.717, 1.165) is 27.4 Å². The van der Waals surface area contributed by atoms with E-state index in [2.05, 4.69) is 10.2 Å². The van der Waals surface area contributed by atoms with Gasteiger partial charge in [-0.1, -0.05) is 48.2 Å². The summed E-state index contributed by atoms with van der Waals surface area (Å²) in [5, 5.41) is 28.0. The van der Waals surface area contributed by atoms with Gasteiger partial charge in [-0.2, -0.15) is 5.10 Å². The van der Waals surface area contributed by atoms with Gasteiger partial charge in [-0.15, -0.1) is 5.10 Å². The van der Waals surface area contributed by atoms with Crippen molar-refractivity contribution in [1.82, 2.24) is 0 Å². The second-order valence-electron chi connectivity index (χ2n) is 7.14. The van der Waals surface area contributed by atoms with Crippen LogP contribution in [0.1, 0.15) is 22.3 Å². The quantitative estimate of drug-likeness (QED) is 0.229. The van der Waals surface area contributed by atoms with Crippen LogP contribution in [0, 0.1) is 0 Å². The first-order valence-corrected chi connectivity index (χ1v) is 10.7. The third-order valence-electron chi connectivity index (χ3n) is 5.01. The van der Waals surface area contributed by atoms with Crippen molar-refractivity contribution in [3.63, 3.8) is 0 Å². The average Bonchev–Trinajstić information content (AvgIpc) is 3.07. The number of imide groups is 1. The van der Waals surface area contributed by atoms with Gasteiger partial charge in [0, 0.05) is 12.0 Å². The van der Waals surface area contributed by atoms with E-state index in [0.29, 0.717) is 5.56 Å². The topological polar surface area (TPSA) is 146 Å². The molecule has 3 aromatic rings. The van der Waals surface area contributed by atoms with Crippen molar-refractivity contribution in [1.29, 1.82) is 0 Å². The number of amidine groups is 1. The molecule has 1 atom stereocenters. The number of nitrogens with two attached hydrogens (primary N) is 1. The first kappa shape index (κ1) is 22.0. The molecule has 4 rings (SSSR count). The van der Waals surface area contributed by atoms with E-state index in [-0.39, 0.29) is 28.6 Å². The molecule has 0 radical (unpaired) electrons. The molecule has 3 aromatic carbocycles. The zero-order valence-electron chi connectivity index (χ0n) is 17.1. The number of hydrogen-bond donors (Lipinski definition) is 3. The maximum Gasteiger partial charge on any atom is 0.335 e. The fraction of sp³-hybridized carbons (Fsp3) is 0.0870. The van der Waals surface area contributed by atoms with Gasteiger partial charge >= 0.3 is 5.97 Å². The molecular formula is C23H18N4O5S. The SMILES string of the molecule is NC(=N/N=C\c1c(O)ccc2ccccc12)S[C@@H]1CC(=O)N(c2cccc(C(=O)O)c2)C1=O. The molecule has 10 heteroatoms. The lowest BCUT2D eigenvalue weighted by atomic mass is 10.0. The van der Waals surface area contributed by atoms with Crippen LogP contribution in [0.5, 0.6) is 5.75 Å². The number of amides is 2. The number of benzene rings is 3. The van der Waals surface area contributed by atoms with Crippen molar-refractivity contribution < 1.29 is 24.6 Å². The maximum absolute atomic E-state index is 12.8. The number of anilines is 1. The maximum atomic E-state index is 12.8. The highest BCUT2D eigenvalue weighted by atomic mass is 32.2. The van der Waals surface area contributed by atoms with E-state index >= 15 is 0 Å². The Kier molecular flexibility index (Phi) is 6.09. The normalized spacial score (nSPS) is 16.8. The first-order chi connectivity index (χ1) is 15.8. The molecule has 9 nitrogen and oxygen atoms in total. The van der Waals surface area contributed by atoms with Crippen molar-refractivity contribution in [2.24, 2.45) is 15.9 Å². The zero-order valence-corrected chi connectivity index (χ0v) is 17.9. The molecule has 0 spiro atoms. The molecule has 33 heavy (non-hydrogen) atoms. The Labute approximate surface area is 192 Å². The summed E-state index contributed by atoms with van der Waals surface area (Å²) < 4.78 is 0. The number of carboxylic acids is 1. The second-order valence-corrected chi connectivity index (χ2v) is 8.36. The number of phenols is 1. The molecule has 0 unspecified atom stereocenters. The van der Waals surface area contributed by atoms with Crippen molar-refractivity contribution in [2.45, 2.75) is 11.7 Å². The summed E-state index contributed by atoms with van der Waals surface area (Å²) in [6.07, 6.45) is 1.27. The van der Waals surface area contributed by atoms with Crippen LogP contribution in [0.15, 0.2) is 70.9 Å². The predicted octanol–water partition coefficient (Wildman–Crippen LogP) is 2.96. The largest absolute Gasteiger partial charge is 0.507 e.